The Morgan fingerprint density at radius 1 is 1.15 bits per heavy atom. The number of hydrogen-bond acceptors (Lipinski definition) is 4. The average molecular weight is 363 g/mol. The molecule has 6 heteroatoms. The van der Waals surface area contributed by atoms with Gasteiger partial charge in [0.05, 0.1) is 24.3 Å². The second-order valence-corrected chi connectivity index (χ2v) is 6.45. The van der Waals surface area contributed by atoms with Crippen LogP contribution in [0, 0.1) is 17.2 Å². The molecular formula is C21H21N3O3. The van der Waals surface area contributed by atoms with Crippen molar-refractivity contribution in [1.82, 2.24) is 4.90 Å². The van der Waals surface area contributed by atoms with Crippen LogP contribution in [0.15, 0.2) is 48.5 Å². The molecule has 0 unspecified atom stereocenters. The van der Waals surface area contributed by atoms with Gasteiger partial charge in [0.25, 0.3) is 5.91 Å². The summed E-state index contributed by atoms with van der Waals surface area (Å²) in [4.78, 5) is 27.0. The van der Waals surface area contributed by atoms with E-state index in [1.807, 2.05) is 12.1 Å². The van der Waals surface area contributed by atoms with Gasteiger partial charge in [-0.1, -0.05) is 18.2 Å². The number of rotatable bonds is 4. The van der Waals surface area contributed by atoms with Gasteiger partial charge in [0.15, 0.2) is 0 Å². The second-order valence-electron chi connectivity index (χ2n) is 6.45. The monoisotopic (exact) mass is 363 g/mol. The summed E-state index contributed by atoms with van der Waals surface area (Å²) in [6.07, 6.45) is 1.20. The minimum atomic E-state index is -0.155. The molecule has 0 bridgehead atoms. The van der Waals surface area contributed by atoms with E-state index in [1.54, 1.807) is 48.4 Å². The fourth-order valence-corrected chi connectivity index (χ4v) is 3.25. The number of benzene rings is 2. The lowest BCUT2D eigenvalue weighted by atomic mass is 9.95. The number of ether oxygens (including phenoxy) is 1. The van der Waals surface area contributed by atoms with E-state index in [0.29, 0.717) is 48.5 Å². The summed E-state index contributed by atoms with van der Waals surface area (Å²) >= 11 is 0. The summed E-state index contributed by atoms with van der Waals surface area (Å²) in [7, 11) is 1.55. The fourth-order valence-electron chi connectivity index (χ4n) is 3.25. The summed E-state index contributed by atoms with van der Waals surface area (Å²) in [6, 6.07) is 16.1. The molecule has 0 spiro atoms. The summed E-state index contributed by atoms with van der Waals surface area (Å²) in [5.41, 5.74) is 1.66. The molecule has 1 heterocycles. The van der Waals surface area contributed by atoms with E-state index in [9.17, 15) is 9.59 Å². The third-order valence-electron chi connectivity index (χ3n) is 4.75. The molecular weight excluding hydrogens is 342 g/mol. The number of anilines is 1. The summed E-state index contributed by atoms with van der Waals surface area (Å²) in [5, 5.41) is 11.8. The first-order chi connectivity index (χ1) is 13.1. The van der Waals surface area contributed by atoms with E-state index in [-0.39, 0.29) is 17.7 Å². The fraction of sp³-hybridized carbons (Fsp3) is 0.286. The average Bonchev–Trinajstić information content (AvgIpc) is 2.73. The molecule has 2 amide bonds. The molecule has 0 aliphatic carbocycles. The second kappa shape index (κ2) is 8.37. The number of nitrogens with zero attached hydrogens (tertiary/aromatic N) is 2. The lowest BCUT2D eigenvalue weighted by Crippen LogP contribution is -2.41. The van der Waals surface area contributed by atoms with E-state index in [1.165, 1.54) is 0 Å². The lowest BCUT2D eigenvalue weighted by Gasteiger charge is -2.31. The predicted octanol–water partition coefficient (Wildman–Crippen LogP) is 3.06. The first-order valence-corrected chi connectivity index (χ1v) is 8.85. The van der Waals surface area contributed by atoms with Crippen LogP contribution in [0.1, 0.15) is 28.8 Å². The Balaban J connectivity index is 1.59. The van der Waals surface area contributed by atoms with E-state index in [0.717, 1.165) is 0 Å². The number of carbonyl (C=O) groups excluding carboxylic acids is 2. The van der Waals surface area contributed by atoms with E-state index < -0.39 is 0 Å². The quantitative estimate of drug-likeness (QED) is 0.905. The maximum absolute atomic E-state index is 12.7. The van der Waals surface area contributed by atoms with Crippen LogP contribution >= 0.6 is 0 Å². The van der Waals surface area contributed by atoms with Gasteiger partial charge in [0.1, 0.15) is 5.75 Å². The highest BCUT2D eigenvalue weighted by atomic mass is 16.5. The van der Waals surface area contributed by atoms with Gasteiger partial charge < -0.3 is 15.0 Å². The first kappa shape index (κ1) is 18.5. The Labute approximate surface area is 158 Å². The molecule has 0 aromatic heterocycles. The number of methoxy groups -OCH3 is 1. The van der Waals surface area contributed by atoms with Crippen LogP contribution < -0.4 is 10.1 Å². The number of nitriles is 1. The highest BCUT2D eigenvalue weighted by molar-refractivity contribution is 5.97. The van der Waals surface area contributed by atoms with Crippen LogP contribution in [-0.4, -0.2) is 36.9 Å². The van der Waals surface area contributed by atoms with Crippen molar-refractivity contribution in [2.75, 3.05) is 25.5 Å². The van der Waals surface area contributed by atoms with Gasteiger partial charge in [0, 0.05) is 24.7 Å². The van der Waals surface area contributed by atoms with Gasteiger partial charge in [-0.25, -0.2) is 0 Å². The molecule has 1 saturated heterocycles. The Morgan fingerprint density at radius 2 is 1.89 bits per heavy atom. The molecule has 1 fully saturated rings. The largest absolute Gasteiger partial charge is 0.496 e. The van der Waals surface area contributed by atoms with Gasteiger partial charge in [-0.2, -0.15) is 5.26 Å². The van der Waals surface area contributed by atoms with Gasteiger partial charge >= 0.3 is 0 Å². The summed E-state index contributed by atoms with van der Waals surface area (Å²) < 4.78 is 5.27. The Hall–Kier alpha value is -3.33. The molecule has 2 aromatic rings. The highest BCUT2D eigenvalue weighted by Crippen LogP contribution is 2.24. The van der Waals surface area contributed by atoms with Gasteiger partial charge in [-0.3, -0.25) is 9.59 Å². The minimum Gasteiger partial charge on any atom is -0.496 e. The zero-order chi connectivity index (χ0) is 19.2. The number of amides is 2. The maximum Gasteiger partial charge on any atom is 0.257 e. The van der Waals surface area contributed by atoms with E-state index >= 15 is 0 Å². The van der Waals surface area contributed by atoms with Gasteiger partial charge in [-0.05, 0) is 43.2 Å². The van der Waals surface area contributed by atoms with Crippen molar-refractivity contribution in [1.29, 1.82) is 5.26 Å². The molecule has 1 aliphatic rings. The van der Waals surface area contributed by atoms with Crippen LogP contribution in [-0.2, 0) is 4.79 Å². The molecule has 3 rings (SSSR count). The smallest absolute Gasteiger partial charge is 0.257 e. The number of para-hydroxylation sites is 1. The van der Waals surface area contributed by atoms with Crippen LogP contribution in [0.25, 0.3) is 0 Å². The molecule has 6 nitrogen and oxygen atoms in total. The lowest BCUT2D eigenvalue weighted by molar-refractivity contribution is -0.121. The third-order valence-corrected chi connectivity index (χ3v) is 4.75. The third kappa shape index (κ3) is 4.26. The number of likely N-dealkylation sites (tertiary alicyclic amines) is 1. The SMILES string of the molecule is COc1ccccc1C(=O)N1CCC(C(=O)Nc2cccc(C#N)c2)CC1. The molecule has 1 aliphatic heterocycles. The van der Waals surface area contributed by atoms with Crippen LogP contribution in [0.3, 0.4) is 0 Å². The van der Waals surface area contributed by atoms with Crippen molar-refractivity contribution >= 4 is 17.5 Å². The highest BCUT2D eigenvalue weighted by Gasteiger charge is 2.28. The standard InChI is InChI=1S/C21H21N3O3/c1-27-19-8-3-2-7-18(19)21(26)24-11-9-16(10-12-24)20(25)23-17-6-4-5-15(13-17)14-22/h2-8,13,16H,9-12H2,1H3,(H,23,25). The van der Waals surface area contributed by atoms with Crippen molar-refractivity contribution in [2.45, 2.75) is 12.8 Å². The number of hydrogen-bond donors (Lipinski definition) is 1. The van der Waals surface area contributed by atoms with Crippen molar-refractivity contribution in [3.63, 3.8) is 0 Å². The minimum absolute atomic E-state index is 0.0746. The van der Waals surface area contributed by atoms with Gasteiger partial charge in [0.2, 0.25) is 5.91 Å². The normalized spacial score (nSPS) is 14.3. The van der Waals surface area contributed by atoms with Crippen molar-refractivity contribution in [3.8, 4) is 11.8 Å². The molecule has 27 heavy (non-hydrogen) atoms. The van der Waals surface area contributed by atoms with Gasteiger partial charge in [-0.15, -0.1) is 0 Å². The van der Waals surface area contributed by atoms with Crippen LogP contribution in [0.4, 0.5) is 5.69 Å². The van der Waals surface area contributed by atoms with E-state index in [4.69, 9.17) is 10.00 Å². The van der Waals surface area contributed by atoms with Crippen molar-refractivity contribution < 1.29 is 14.3 Å². The molecule has 0 saturated carbocycles. The predicted molar refractivity (Wildman–Crippen MR) is 101 cm³/mol. The van der Waals surface area contributed by atoms with Crippen LogP contribution in [0.2, 0.25) is 0 Å². The Kier molecular flexibility index (Phi) is 5.72. The zero-order valence-electron chi connectivity index (χ0n) is 15.1. The molecule has 2 aromatic carbocycles. The van der Waals surface area contributed by atoms with Crippen molar-refractivity contribution in [3.05, 3.63) is 59.7 Å². The number of carbonyl (C=O) groups is 2. The molecule has 138 valence electrons. The first-order valence-electron chi connectivity index (χ1n) is 8.85. The summed E-state index contributed by atoms with van der Waals surface area (Å²) in [6.45, 7) is 1.04. The van der Waals surface area contributed by atoms with E-state index in [2.05, 4.69) is 11.4 Å². The van der Waals surface area contributed by atoms with Crippen LogP contribution in [0.5, 0.6) is 5.75 Å². The summed E-state index contributed by atoms with van der Waals surface area (Å²) in [5.74, 6) is 0.250. The Morgan fingerprint density at radius 3 is 2.59 bits per heavy atom. The zero-order valence-corrected chi connectivity index (χ0v) is 15.1. The molecule has 0 atom stereocenters. The van der Waals surface area contributed by atoms with Crippen molar-refractivity contribution in [2.24, 2.45) is 5.92 Å². The molecule has 0 radical (unpaired) electrons. The topological polar surface area (TPSA) is 82.4 Å². The Bertz CT molecular complexity index is 880. The molecule has 1 N–H and O–H groups in total. The number of piperidine rings is 1. The maximum atomic E-state index is 12.7. The number of nitrogens with one attached hydrogen (secondary N) is 1.